The van der Waals surface area contributed by atoms with Crippen LogP contribution >= 0.6 is 11.6 Å². The van der Waals surface area contributed by atoms with Crippen LogP contribution in [0.3, 0.4) is 0 Å². The molecule has 9 heteroatoms. The molecule has 2 aromatic carbocycles. The molecule has 0 saturated heterocycles. The summed E-state index contributed by atoms with van der Waals surface area (Å²) in [5.41, 5.74) is 3.53. The van der Waals surface area contributed by atoms with Crippen molar-refractivity contribution in [2.45, 2.75) is 33.8 Å². The molecule has 2 heterocycles. The first-order valence-electron chi connectivity index (χ1n) is 10.7. The van der Waals surface area contributed by atoms with E-state index in [4.69, 9.17) is 16.3 Å². The molecule has 174 valence electrons. The molecule has 0 radical (unpaired) electrons. The number of rotatable bonds is 7. The van der Waals surface area contributed by atoms with E-state index in [2.05, 4.69) is 20.4 Å². The highest BCUT2D eigenvalue weighted by Crippen LogP contribution is 2.24. The minimum atomic E-state index is -0.595. The number of nitrogens with one attached hydrogen (secondary N) is 1. The molecule has 4 rings (SSSR count). The molecule has 0 unspecified atom stereocenters. The number of anilines is 1. The number of hydrogen-bond donors (Lipinski definition) is 1. The Balaban J connectivity index is 1.65. The van der Waals surface area contributed by atoms with Gasteiger partial charge in [-0.05, 0) is 44.0 Å². The van der Waals surface area contributed by atoms with Crippen molar-refractivity contribution in [1.82, 2.24) is 19.7 Å². The SMILES string of the molecule is CCc1c(C)nc(-n2nc(C)cc2NC(=O)c2ccc(F)c(Cl)c2)nc1OCc1ccccc1. The second-order valence-electron chi connectivity index (χ2n) is 7.69. The van der Waals surface area contributed by atoms with Crippen LogP contribution in [0.25, 0.3) is 5.95 Å². The Morgan fingerprint density at radius 2 is 1.88 bits per heavy atom. The zero-order valence-electron chi connectivity index (χ0n) is 19.0. The summed E-state index contributed by atoms with van der Waals surface area (Å²) in [5.74, 6) is 0.0241. The van der Waals surface area contributed by atoms with Gasteiger partial charge in [0.2, 0.25) is 5.88 Å². The molecule has 0 aliphatic heterocycles. The van der Waals surface area contributed by atoms with Crippen LogP contribution in [0.4, 0.5) is 10.2 Å². The summed E-state index contributed by atoms with van der Waals surface area (Å²) < 4.78 is 21.0. The lowest BCUT2D eigenvalue weighted by Gasteiger charge is -2.14. The molecule has 0 fully saturated rings. The van der Waals surface area contributed by atoms with Crippen LogP contribution in [-0.2, 0) is 13.0 Å². The number of ether oxygens (including phenoxy) is 1. The van der Waals surface area contributed by atoms with Crippen LogP contribution in [0, 0.1) is 19.7 Å². The lowest BCUT2D eigenvalue weighted by molar-refractivity contribution is 0.102. The van der Waals surface area contributed by atoms with Crippen LogP contribution in [0.1, 0.15) is 39.8 Å². The fourth-order valence-corrected chi connectivity index (χ4v) is 3.65. The van der Waals surface area contributed by atoms with Crippen molar-refractivity contribution in [3.8, 4) is 11.8 Å². The first-order valence-corrected chi connectivity index (χ1v) is 11.1. The van der Waals surface area contributed by atoms with E-state index < -0.39 is 11.7 Å². The summed E-state index contributed by atoms with van der Waals surface area (Å²) in [6, 6.07) is 15.3. The standard InChI is InChI=1S/C25H23ClFN5O2/c1-4-19-16(3)28-25(30-24(19)34-14-17-8-6-5-7-9-17)32-22(12-15(2)31-32)29-23(33)18-10-11-21(27)20(26)13-18/h5-13H,4,14H2,1-3H3,(H,29,33). The molecular formula is C25H23ClFN5O2. The molecule has 0 atom stereocenters. The topological polar surface area (TPSA) is 81.9 Å². The molecule has 0 saturated carbocycles. The zero-order chi connectivity index (χ0) is 24.2. The van der Waals surface area contributed by atoms with Crippen molar-refractivity contribution in [1.29, 1.82) is 0 Å². The van der Waals surface area contributed by atoms with Gasteiger partial charge in [0, 0.05) is 22.9 Å². The van der Waals surface area contributed by atoms with Gasteiger partial charge in [0.05, 0.1) is 10.7 Å². The number of carbonyl (C=O) groups is 1. The second kappa shape index (κ2) is 10.0. The van der Waals surface area contributed by atoms with Gasteiger partial charge in [-0.2, -0.15) is 14.8 Å². The van der Waals surface area contributed by atoms with Gasteiger partial charge in [-0.15, -0.1) is 0 Å². The third-order valence-electron chi connectivity index (χ3n) is 5.18. The highest BCUT2D eigenvalue weighted by atomic mass is 35.5. The van der Waals surface area contributed by atoms with Gasteiger partial charge < -0.3 is 10.1 Å². The zero-order valence-corrected chi connectivity index (χ0v) is 19.7. The summed E-state index contributed by atoms with van der Waals surface area (Å²) in [4.78, 5) is 22.0. The Labute approximate surface area is 201 Å². The van der Waals surface area contributed by atoms with E-state index in [1.54, 1.807) is 13.0 Å². The Kier molecular flexibility index (Phi) is 6.88. The predicted octanol–water partition coefficient (Wildman–Crippen LogP) is 5.47. The molecule has 0 spiro atoms. The van der Waals surface area contributed by atoms with Crippen molar-refractivity contribution in [2.24, 2.45) is 0 Å². The fourth-order valence-electron chi connectivity index (χ4n) is 3.47. The van der Waals surface area contributed by atoms with E-state index in [1.165, 1.54) is 16.8 Å². The number of benzene rings is 2. The molecule has 4 aromatic rings. The molecule has 1 amide bonds. The molecule has 0 aliphatic carbocycles. The maximum Gasteiger partial charge on any atom is 0.256 e. The van der Waals surface area contributed by atoms with Crippen LogP contribution in [0.15, 0.2) is 54.6 Å². The van der Waals surface area contributed by atoms with Crippen molar-refractivity contribution < 1.29 is 13.9 Å². The molecule has 0 bridgehead atoms. The maximum atomic E-state index is 13.5. The minimum Gasteiger partial charge on any atom is -0.472 e. The van der Waals surface area contributed by atoms with Gasteiger partial charge in [0.25, 0.3) is 11.9 Å². The average Bonchev–Trinajstić information content (AvgIpc) is 3.19. The first-order chi connectivity index (χ1) is 16.4. The average molecular weight is 480 g/mol. The molecule has 2 aromatic heterocycles. The summed E-state index contributed by atoms with van der Waals surface area (Å²) in [6.45, 7) is 6.05. The Hall–Kier alpha value is -3.78. The van der Waals surface area contributed by atoms with E-state index in [1.807, 2.05) is 44.2 Å². The van der Waals surface area contributed by atoms with Crippen molar-refractivity contribution in [2.75, 3.05) is 5.32 Å². The number of carbonyl (C=O) groups excluding carboxylic acids is 1. The monoisotopic (exact) mass is 479 g/mol. The largest absolute Gasteiger partial charge is 0.472 e. The smallest absolute Gasteiger partial charge is 0.256 e. The lowest BCUT2D eigenvalue weighted by atomic mass is 10.2. The van der Waals surface area contributed by atoms with Crippen molar-refractivity contribution >= 4 is 23.3 Å². The van der Waals surface area contributed by atoms with E-state index in [9.17, 15) is 9.18 Å². The predicted molar refractivity (Wildman–Crippen MR) is 128 cm³/mol. The number of aromatic nitrogens is 4. The quantitative estimate of drug-likeness (QED) is 0.380. The number of halogens is 2. The van der Waals surface area contributed by atoms with Gasteiger partial charge in [-0.3, -0.25) is 4.79 Å². The van der Waals surface area contributed by atoms with Crippen LogP contribution in [0.2, 0.25) is 5.02 Å². The third kappa shape index (κ3) is 5.07. The lowest BCUT2D eigenvalue weighted by Crippen LogP contribution is -2.17. The minimum absolute atomic E-state index is 0.133. The molecule has 34 heavy (non-hydrogen) atoms. The summed E-state index contributed by atoms with van der Waals surface area (Å²) >= 11 is 5.82. The van der Waals surface area contributed by atoms with Crippen molar-refractivity contribution in [3.05, 3.63) is 93.5 Å². The Morgan fingerprint density at radius 3 is 2.59 bits per heavy atom. The highest BCUT2D eigenvalue weighted by molar-refractivity contribution is 6.31. The van der Waals surface area contributed by atoms with Gasteiger partial charge in [-0.1, -0.05) is 48.9 Å². The second-order valence-corrected chi connectivity index (χ2v) is 8.09. The first kappa shape index (κ1) is 23.4. The van der Waals surface area contributed by atoms with E-state index in [0.29, 0.717) is 30.4 Å². The normalized spacial score (nSPS) is 10.9. The maximum absolute atomic E-state index is 13.5. The number of nitrogens with zero attached hydrogens (tertiary/aromatic N) is 4. The van der Waals surface area contributed by atoms with Crippen LogP contribution in [-0.4, -0.2) is 25.7 Å². The molecule has 1 N–H and O–H groups in total. The van der Waals surface area contributed by atoms with Crippen LogP contribution < -0.4 is 10.1 Å². The van der Waals surface area contributed by atoms with Crippen LogP contribution in [0.5, 0.6) is 5.88 Å². The summed E-state index contributed by atoms with van der Waals surface area (Å²) in [6.07, 6.45) is 0.698. The summed E-state index contributed by atoms with van der Waals surface area (Å²) in [5, 5.41) is 7.10. The highest BCUT2D eigenvalue weighted by Gasteiger charge is 2.18. The number of hydrogen-bond acceptors (Lipinski definition) is 5. The Morgan fingerprint density at radius 1 is 1.12 bits per heavy atom. The number of aryl methyl sites for hydroxylation is 2. The molecular weight excluding hydrogens is 457 g/mol. The van der Waals surface area contributed by atoms with E-state index in [0.717, 1.165) is 22.9 Å². The van der Waals surface area contributed by atoms with Gasteiger partial charge >= 0.3 is 0 Å². The molecule has 0 aliphatic rings. The van der Waals surface area contributed by atoms with Crippen molar-refractivity contribution in [3.63, 3.8) is 0 Å². The Bertz CT molecular complexity index is 1340. The van der Waals surface area contributed by atoms with Gasteiger partial charge in [0.1, 0.15) is 18.2 Å². The summed E-state index contributed by atoms with van der Waals surface area (Å²) in [7, 11) is 0. The van der Waals surface area contributed by atoms with Gasteiger partial charge in [-0.25, -0.2) is 9.37 Å². The molecule has 7 nitrogen and oxygen atoms in total. The van der Waals surface area contributed by atoms with E-state index >= 15 is 0 Å². The van der Waals surface area contributed by atoms with E-state index in [-0.39, 0.29) is 16.5 Å². The third-order valence-corrected chi connectivity index (χ3v) is 5.47. The number of amides is 1. The van der Waals surface area contributed by atoms with Gasteiger partial charge in [0.15, 0.2) is 0 Å². The fraction of sp³-hybridized carbons (Fsp3) is 0.200.